The maximum Gasteiger partial charge on any atom is 0.130 e. The van der Waals surface area contributed by atoms with Crippen LogP contribution in [0.15, 0.2) is 6.07 Å². The molecule has 0 spiro atoms. The topological polar surface area (TPSA) is 61.6 Å². The fourth-order valence-corrected chi connectivity index (χ4v) is 2.58. The molecular formula is C10H8Cl2N4S. The van der Waals surface area contributed by atoms with Gasteiger partial charge in [-0.25, -0.2) is 0 Å². The van der Waals surface area contributed by atoms with Gasteiger partial charge in [0.15, 0.2) is 0 Å². The van der Waals surface area contributed by atoms with E-state index in [1.54, 1.807) is 6.07 Å². The Kier molecular flexibility index (Phi) is 3.67. The molecule has 0 amide bonds. The van der Waals surface area contributed by atoms with Crippen LogP contribution in [0.4, 0.5) is 5.69 Å². The third kappa shape index (κ3) is 2.29. The predicted octanol–water partition coefficient (Wildman–Crippen LogP) is 3.71. The van der Waals surface area contributed by atoms with E-state index in [4.69, 9.17) is 28.5 Å². The minimum absolute atomic E-state index is 0.307. The van der Waals surface area contributed by atoms with Crippen molar-refractivity contribution in [2.75, 3.05) is 5.32 Å². The molecule has 2 aromatic rings. The van der Waals surface area contributed by atoms with Crippen molar-refractivity contribution in [1.29, 1.82) is 5.26 Å². The molecule has 4 nitrogen and oxygen atoms in total. The highest BCUT2D eigenvalue weighted by Crippen LogP contribution is 2.35. The Bertz CT molecular complexity index is 590. The van der Waals surface area contributed by atoms with Gasteiger partial charge in [-0.05, 0) is 12.5 Å². The first-order chi connectivity index (χ1) is 8.17. The zero-order valence-electron chi connectivity index (χ0n) is 8.87. The van der Waals surface area contributed by atoms with Crippen molar-refractivity contribution in [3.63, 3.8) is 0 Å². The standard InChI is InChI=1S/C10H8Cl2N4S/c1-2-5(4-13)14-8-6(11)3-7(12)9-10(8)16-17-15-9/h3,5,14H,2H2,1H3. The molecule has 1 aromatic heterocycles. The van der Waals surface area contributed by atoms with Crippen LogP contribution >= 0.6 is 34.9 Å². The first-order valence-corrected chi connectivity index (χ1v) is 6.42. The molecule has 1 heterocycles. The molecule has 0 aliphatic heterocycles. The molecule has 7 heteroatoms. The van der Waals surface area contributed by atoms with E-state index in [0.717, 1.165) is 11.7 Å². The SMILES string of the molecule is CCC(C#N)Nc1c(Cl)cc(Cl)c2nsnc12. The van der Waals surface area contributed by atoms with Gasteiger partial charge in [-0.15, -0.1) is 0 Å². The van der Waals surface area contributed by atoms with Gasteiger partial charge in [-0.2, -0.15) is 14.0 Å². The maximum absolute atomic E-state index is 8.94. The van der Waals surface area contributed by atoms with Crippen LogP contribution in [0.5, 0.6) is 0 Å². The molecule has 0 aliphatic rings. The van der Waals surface area contributed by atoms with Crippen LogP contribution in [0, 0.1) is 11.3 Å². The Morgan fingerprint density at radius 2 is 2.12 bits per heavy atom. The Morgan fingerprint density at radius 3 is 2.76 bits per heavy atom. The van der Waals surface area contributed by atoms with Crippen molar-refractivity contribution in [2.45, 2.75) is 19.4 Å². The van der Waals surface area contributed by atoms with Gasteiger partial charge < -0.3 is 5.32 Å². The second-order valence-electron chi connectivity index (χ2n) is 3.41. The minimum atomic E-state index is -0.307. The molecule has 88 valence electrons. The number of nitrogens with one attached hydrogen (secondary N) is 1. The molecule has 1 unspecified atom stereocenters. The van der Waals surface area contributed by atoms with Crippen molar-refractivity contribution < 1.29 is 0 Å². The number of fused-ring (bicyclic) bond motifs is 1. The zero-order chi connectivity index (χ0) is 12.4. The second-order valence-corrected chi connectivity index (χ2v) is 4.75. The van der Waals surface area contributed by atoms with Crippen LogP contribution in [0.3, 0.4) is 0 Å². The van der Waals surface area contributed by atoms with E-state index in [9.17, 15) is 0 Å². The average molecular weight is 287 g/mol. The fraction of sp³-hybridized carbons (Fsp3) is 0.300. The number of halogens is 2. The normalized spacial score (nSPS) is 12.4. The second kappa shape index (κ2) is 5.05. The number of nitrogens with zero attached hydrogens (tertiary/aromatic N) is 3. The van der Waals surface area contributed by atoms with Crippen molar-refractivity contribution >= 4 is 51.7 Å². The van der Waals surface area contributed by atoms with Crippen LogP contribution in [-0.2, 0) is 0 Å². The summed E-state index contributed by atoms with van der Waals surface area (Å²) in [4.78, 5) is 0. The summed E-state index contributed by atoms with van der Waals surface area (Å²) in [5.41, 5.74) is 1.84. The van der Waals surface area contributed by atoms with E-state index in [2.05, 4.69) is 20.1 Å². The van der Waals surface area contributed by atoms with E-state index in [1.807, 2.05) is 6.92 Å². The molecule has 0 bridgehead atoms. The summed E-state index contributed by atoms with van der Waals surface area (Å²) >= 11 is 13.2. The molecule has 17 heavy (non-hydrogen) atoms. The smallest absolute Gasteiger partial charge is 0.130 e. The van der Waals surface area contributed by atoms with Crippen LogP contribution in [0.25, 0.3) is 11.0 Å². The lowest BCUT2D eigenvalue weighted by Crippen LogP contribution is -2.16. The number of nitriles is 1. The summed E-state index contributed by atoms with van der Waals surface area (Å²) in [6.45, 7) is 1.92. The summed E-state index contributed by atoms with van der Waals surface area (Å²) in [7, 11) is 0. The maximum atomic E-state index is 8.94. The lowest BCUT2D eigenvalue weighted by atomic mass is 10.2. The molecule has 0 aliphatic carbocycles. The lowest BCUT2D eigenvalue weighted by Gasteiger charge is -2.12. The van der Waals surface area contributed by atoms with Gasteiger partial charge in [-0.1, -0.05) is 30.1 Å². The molecule has 1 N–H and O–H groups in total. The lowest BCUT2D eigenvalue weighted by molar-refractivity contribution is 0.846. The molecule has 0 radical (unpaired) electrons. The van der Waals surface area contributed by atoms with E-state index >= 15 is 0 Å². The van der Waals surface area contributed by atoms with Gasteiger partial charge >= 0.3 is 0 Å². The van der Waals surface area contributed by atoms with Crippen LogP contribution in [0.1, 0.15) is 13.3 Å². The summed E-state index contributed by atoms with van der Waals surface area (Å²) in [5.74, 6) is 0. The first-order valence-electron chi connectivity index (χ1n) is 4.93. The van der Waals surface area contributed by atoms with Crippen LogP contribution in [-0.4, -0.2) is 14.8 Å². The minimum Gasteiger partial charge on any atom is -0.367 e. The molecule has 0 fully saturated rings. The molecule has 0 saturated heterocycles. The van der Waals surface area contributed by atoms with Gasteiger partial charge in [0.25, 0.3) is 0 Å². The van der Waals surface area contributed by atoms with Crippen molar-refractivity contribution in [1.82, 2.24) is 8.75 Å². The third-order valence-corrected chi connectivity index (χ3v) is 3.44. The Labute approximate surface area is 112 Å². The average Bonchev–Trinajstić information content (AvgIpc) is 2.79. The summed E-state index contributed by atoms with van der Waals surface area (Å²) < 4.78 is 8.25. The quantitative estimate of drug-likeness (QED) is 0.934. The molecular weight excluding hydrogens is 279 g/mol. The van der Waals surface area contributed by atoms with Crippen LogP contribution in [0.2, 0.25) is 10.0 Å². The molecule has 1 atom stereocenters. The van der Waals surface area contributed by atoms with Gasteiger partial charge in [0.05, 0.1) is 33.5 Å². The Hall–Kier alpha value is -1.09. The molecule has 2 rings (SSSR count). The Balaban J connectivity index is 2.53. The molecule has 0 saturated carbocycles. The fourth-order valence-electron chi connectivity index (χ4n) is 1.41. The molecule has 1 aromatic carbocycles. The third-order valence-electron chi connectivity index (χ3n) is 2.33. The van der Waals surface area contributed by atoms with Gasteiger partial charge in [0.1, 0.15) is 17.1 Å². The highest BCUT2D eigenvalue weighted by Gasteiger charge is 2.16. The number of benzene rings is 1. The Morgan fingerprint density at radius 1 is 1.41 bits per heavy atom. The number of hydrogen-bond donors (Lipinski definition) is 1. The van der Waals surface area contributed by atoms with Gasteiger partial charge in [0, 0.05) is 0 Å². The monoisotopic (exact) mass is 286 g/mol. The van der Waals surface area contributed by atoms with E-state index in [0.29, 0.717) is 33.2 Å². The van der Waals surface area contributed by atoms with Gasteiger partial charge in [0.2, 0.25) is 0 Å². The summed E-state index contributed by atoms with van der Waals surface area (Å²) in [6.07, 6.45) is 0.675. The van der Waals surface area contributed by atoms with Gasteiger partial charge in [-0.3, -0.25) is 0 Å². The predicted molar refractivity (Wildman–Crippen MR) is 70.7 cm³/mol. The highest BCUT2D eigenvalue weighted by atomic mass is 35.5. The van der Waals surface area contributed by atoms with E-state index < -0.39 is 0 Å². The number of aromatic nitrogens is 2. The van der Waals surface area contributed by atoms with E-state index in [-0.39, 0.29) is 6.04 Å². The largest absolute Gasteiger partial charge is 0.367 e. The summed E-state index contributed by atoms with van der Waals surface area (Å²) in [5, 5.41) is 12.9. The highest BCUT2D eigenvalue weighted by molar-refractivity contribution is 7.00. The number of anilines is 1. The number of rotatable bonds is 3. The van der Waals surface area contributed by atoms with Crippen molar-refractivity contribution in [2.24, 2.45) is 0 Å². The van der Waals surface area contributed by atoms with Crippen molar-refractivity contribution in [3.8, 4) is 6.07 Å². The van der Waals surface area contributed by atoms with Crippen molar-refractivity contribution in [3.05, 3.63) is 16.1 Å². The number of hydrogen-bond acceptors (Lipinski definition) is 5. The first kappa shape index (κ1) is 12.4. The van der Waals surface area contributed by atoms with Crippen LogP contribution < -0.4 is 5.32 Å². The zero-order valence-corrected chi connectivity index (χ0v) is 11.2. The van der Waals surface area contributed by atoms with E-state index in [1.165, 1.54) is 0 Å². The summed E-state index contributed by atoms with van der Waals surface area (Å²) in [6, 6.07) is 3.45.